The maximum atomic E-state index is 12.0. The molecule has 0 saturated carbocycles. The lowest BCUT2D eigenvalue weighted by atomic mass is 10.2. The number of aromatic amines is 1. The number of nitrogens with one attached hydrogen (secondary N) is 2. The molecule has 0 atom stereocenters. The smallest absolute Gasteiger partial charge is 0.252 e. The molecule has 0 aliphatic rings. The average molecular weight is 283 g/mol. The van der Waals surface area contributed by atoms with Crippen LogP contribution < -0.4 is 5.32 Å². The van der Waals surface area contributed by atoms with Gasteiger partial charge in [-0.25, -0.2) is 15.0 Å². The molecule has 3 aromatic rings. The molecular weight excluding hydrogens is 270 g/mol. The molecule has 0 spiro atoms. The van der Waals surface area contributed by atoms with Crippen molar-refractivity contribution in [2.45, 2.75) is 6.42 Å². The Labute approximate surface area is 120 Å². The summed E-state index contributed by atoms with van der Waals surface area (Å²) in [5, 5.41) is 9.29. The van der Waals surface area contributed by atoms with Crippen LogP contribution in [0.1, 0.15) is 16.2 Å². The van der Waals surface area contributed by atoms with Crippen LogP contribution in [0.3, 0.4) is 0 Å². The fraction of sp³-hybridized carbons (Fsp3) is 0.154. The molecule has 106 valence electrons. The molecule has 3 heterocycles. The van der Waals surface area contributed by atoms with Crippen molar-refractivity contribution in [2.75, 3.05) is 6.54 Å². The summed E-state index contributed by atoms with van der Waals surface area (Å²) in [7, 11) is 0. The summed E-state index contributed by atoms with van der Waals surface area (Å²) in [6, 6.07) is 3.50. The molecule has 3 aromatic heterocycles. The van der Waals surface area contributed by atoms with E-state index >= 15 is 0 Å². The van der Waals surface area contributed by atoms with E-state index < -0.39 is 0 Å². The van der Waals surface area contributed by atoms with E-state index in [0.717, 1.165) is 5.82 Å². The van der Waals surface area contributed by atoms with Crippen LogP contribution in [-0.2, 0) is 6.42 Å². The lowest BCUT2D eigenvalue weighted by Gasteiger charge is -2.05. The van der Waals surface area contributed by atoms with E-state index in [4.69, 9.17) is 0 Å². The molecule has 0 unspecified atom stereocenters. The fourth-order valence-corrected chi connectivity index (χ4v) is 1.82. The first-order chi connectivity index (χ1) is 10.3. The van der Waals surface area contributed by atoms with Crippen molar-refractivity contribution in [3.8, 4) is 5.82 Å². The number of amides is 1. The van der Waals surface area contributed by atoms with Crippen molar-refractivity contribution < 1.29 is 4.79 Å². The molecule has 3 rings (SSSR count). The number of H-pyrrole nitrogens is 1. The van der Waals surface area contributed by atoms with Crippen molar-refractivity contribution in [3.05, 3.63) is 54.8 Å². The molecule has 21 heavy (non-hydrogen) atoms. The zero-order valence-corrected chi connectivity index (χ0v) is 11.1. The number of carbonyl (C=O) groups is 1. The van der Waals surface area contributed by atoms with Gasteiger partial charge in [-0.1, -0.05) is 0 Å². The Balaban J connectivity index is 1.57. The molecule has 0 bridgehead atoms. The molecule has 2 N–H and O–H groups in total. The quantitative estimate of drug-likeness (QED) is 0.704. The van der Waals surface area contributed by atoms with Gasteiger partial charge in [-0.05, 0) is 12.1 Å². The normalized spacial score (nSPS) is 10.5. The van der Waals surface area contributed by atoms with Crippen LogP contribution in [0.5, 0.6) is 0 Å². The highest BCUT2D eigenvalue weighted by Gasteiger charge is 2.06. The summed E-state index contributed by atoms with van der Waals surface area (Å²) >= 11 is 0. The molecule has 0 radical (unpaired) electrons. The summed E-state index contributed by atoms with van der Waals surface area (Å²) in [6.45, 7) is 0.483. The van der Waals surface area contributed by atoms with E-state index in [1.165, 1.54) is 6.33 Å². The largest absolute Gasteiger partial charge is 0.352 e. The third-order valence-corrected chi connectivity index (χ3v) is 2.89. The van der Waals surface area contributed by atoms with E-state index in [2.05, 4.69) is 30.5 Å². The van der Waals surface area contributed by atoms with Crippen molar-refractivity contribution in [3.63, 3.8) is 0 Å². The van der Waals surface area contributed by atoms with E-state index in [-0.39, 0.29) is 5.91 Å². The second-order valence-corrected chi connectivity index (χ2v) is 4.31. The number of rotatable bonds is 5. The molecule has 1 amide bonds. The zero-order chi connectivity index (χ0) is 14.5. The van der Waals surface area contributed by atoms with Gasteiger partial charge in [-0.15, -0.1) is 0 Å². The third kappa shape index (κ3) is 3.11. The molecule has 8 nitrogen and oxygen atoms in total. The summed E-state index contributed by atoms with van der Waals surface area (Å²) in [6.07, 6.45) is 8.70. The minimum absolute atomic E-state index is 0.167. The molecule has 0 aromatic carbocycles. The van der Waals surface area contributed by atoms with Crippen LogP contribution >= 0.6 is 0 Å². The van der Waals surface area contributed by atoms with Gasteiger partial charge >= 0.3 is 0 Å². The summed E-state index contributed by atoms with van der Waals surface area (Å²) in [5.74, 6) is 1.29. The van der Waals surface area contributed by atoms with E-state index in [1.807, 2.05) is 0 Å². The first kappa shape index (κ1) is 13.0. The summed E-state index contributed by atoms with van der Waals surface area (Å²) in [4.78, 5) is 24.1. The van der Waals surface area contributed by atoms with Gasteiger partial charge in [0.2, 0.25) is 0 Å². The van der Waals surface area contributed by atoms with E-state index in [0.29, 0.717) is 24.3 Å². The molecule has 0 saturated heterocycles. The van der Waals surface area contributed by atoms with Gasteiger partial charge in [0.25, 0.3) is 5.91 Å². The van der Waals surface area contributed by atoms with Gasteiger partial charge in [-0.3, -0.25) is 14.5 Å². The second-order valence-electron chi connectivity index (χ2n) is 4.31. The molecular formula is C13H13N7O. The Kier molecular flexibility index (Phi) is 3.68. The van der Waals surface area contributed by atoms with Gasteiger partial charge in [-0.2, -0.15) is 5.10 Å². The van der Waals surface area contributed by atoms with E-state index in [9.17, 15) is 4.79 Å². The highest BCUT2D eigenvalue weighted by molar-refractivity contribution is 5.93. The van der Waals surface area contributed by atoms with Crippen molar-refractivity contribution in [1.29, 1.82) is 0 Å². The minimum atomic E-state index is -0.167. The Morgan fingerprint density at radius 3 is 2.95 bits per heavy atom. The zero-order valence-electron chi connectivity index (χ0n) is 11.1. The predicted molar refractivity (Wildman–Crippen MR) is 73.8 cm³/mol. The number of hydrogen-bond acceptors (Lipinski definition) is 5. The van der Waals surface area contributed by atoms with Gasteiger partial charge in [0, 0.05) is 31.6 Å². The van der Waals surface area contributed by atoms with Gasteiger partial charge < -0.3 is 5.32 Å². The number of aromatic nitrogens is 6. The second kappa shape index (κ2) is 5.95. The minimum Gasteiger partial charge on any atom is -0.352 e. The maximum Gasteiger partial charge on any atom is 0.252 e. The van der Waals surface area contributed by atoms with Crippen LogP contribution in [-0.4, -0.2) is 42.2 Å². The molecule has 0 aliphatic carbocycles. The monoisotopic (exact) mass is 283 g/mol. The van der Waals surface area contributed by atoms with Crippen LogP contribution in [0, 0.1) is 0 Å². The Morgan fingerprint density at radius 2 is 2.29 bits per heavy atom. The summed E-state index contributed by atoms with van der Waals surface area (Å²) < 4.78 is 1.77. The number of pyridine rings is 1. The third-order valence-electron chi connectivity index (χ3n) is 2.89. The topological polar surface area (TPSA) is 101 Å². The average Bonchev–Trinajstić information content (AvgIpc) is 3.21. The lowest BCUT2D eigenvalue weighted by molar-refractivity contribution is 0.0953. The number of hydrogen-bond donors (Lipinski definition) is 2. The predicted octanol–water partition coefficient (Wildman–Crippen LogP) is 0.358. The highest BCUT2D eigenvalue weighted by atomic mass is 16.1. The number of imidazole rings is 1. The molecule has 0 fully saturated rings. The molecule has 0 aliphatic heterocycles. The van der Waals surface area contributed by atoms with Gasteiger partial charge in [0.05, 0.1) is 5.56 Å². The number of carbonyl (C=O) groups excluding carboxylic acids is 1. The Morgan fingerprint density at radius 1 is 1.33 bits per heavy atom. The fourth-order valence-electron chi connectivity index (χ4n) is 1.82. The highest BCUT2D eigenvalue weighted by Crippen LogP contribution is 2.05. The lowest BCUT2D eigenvalue weighted by Crippen LogP contribution is -2.26. The van der Waals surface area contributed by atoms with Crippen molar-refractivity contribution in [2.24, 2.45) is 0 Å². The van der Waals surface area contributed by atoms with Crippen molar-refractivity contribution in [1.82, 2.24) is 35.0 Å². The van der Waals surface area contributed by atoms with E-state index in [1.54, 1.807) is 41.6 Å². The van der Waals surface area contributed by atoms with Crippen LogP contribution in [0.4, 0.5) is 0 Å². The summed E-state index contributed by atoms with van der Waals surface area (Å²) in [5.41, 5.74) is 0.511. The van der Waals surface area contributed by atoms with Crippen LogP contribution in [0.25, 0.3) is 5.82 Å². The Bertz CT molecular complexity index is 689. The molecule has 8 heteroatoms. The van der Waals surface area contributed by atoms with Gasteiger partial charge in [0.1, 0.15) is 24.3 Å². The maximum absolute atomic E-state index is 12.0. The number of nitrogens with zero attached hydrogens (tertiary/aromatic N) is 5. The SMILES string of the molecule is O=C(NCCc1ncn[nH]1)c1ccc(-n2ccnc2)nc1. The standard InChI is InChI=1S/C13H13N7O/c21-13(15-4-3-11-17-8-18-19-11)10-1-2-12(16-7-10)20-6-5-14-9-20/h1-2,5-9H,3-4H2,(H,15,21)(H,17,18,19). The van der Waals surface area contributed by atoms with Crippen molar-refractivity contribution >= 4 is 5.91 Å². The first-order valence-corrected chi connectivity index (χ1v) is 6.40. The van der Waals surface area contributed by atoms with Gasteiger partial charge in [0.15, 0.2) is 0 Å². The Hall–Kier alpha value is -3.03. The first-order valence-electron chi connectivity index (χ1n) is 6.40. The van der Waals surface area contributed by atoms with Crippen LogP contribution in [0.2, 0.25) is 0 Å². The van der Waals surface area contributed by atoms with Crippen LogP contribution in [0.15, 0.2) is 43.4 Å².